The van der Waals surface area contributed by atoms with Crippen molar-refractivity contribution in [1.29, 1.82) is 0 Å². The highest BCUT2D eigenvalue weighted by Crippen LogP contribution is 2.38. The second-order valence-electron chi connectivity index (χ2n) is 9.91. The van der Waals surface area contributed by atoms with Crippen LogP contribution in [-0.4, -0.2) is 20.2 Å². The lowest BCUT2D eigenvalue weighted by molar-refractivity contribution is -0.140. The molecular formula is C30H35FO4. The molecule has 0 saturated carbocycles. The summed E-state index contributed by atoms with van der Waals surface area (Å²) >= 11 is 0. The summed E-state index contributed by atoms with van der Waals surface area (Å²) in [6, 6.07) is 18.6. The lowest BCUT2D eigenvalue weighted by atomic mass is 9.80. The van der Waals surface area contributed by atoms with Crippen molar-refractivity contribution < 1.29 is 23.4 Å². The van der Waals surface area contributed by atoms with Crippen molar-refractivity contribution in [2.45, 2.75) is 58.5 Å². The Bertz CT molecular complexity index is 1180. The van der Waals surface area contributed by atoms with E-state index in [0.717, 1.165) is 28.0 Å². The molecule has 0 N–H and O–H groups in total. The number of hydrogen-bond donors (Lipinski definition) is 0. The fourth-order valence-electron chi connectivity index (χ4n) is 4.13. The van der Waals surface area contributed by atoms with E-state index in [9.17, 15) is 9.18 Å². The molecule has 0 amide bonds. The molecule has 4 nitrogen and oxygen atoms in total. The molecule has 0 unspecified atom stereocenters. The summed E-state index contributed by atoms with van der Waals surface area (Å²) in [4.78, 5) is 11.7. The van der Waals surface area contributed by atoms with Gasteiger partial charge in [-0.25, -0.2) is 4.39 Å². The quantitative estimate of drug-likeness (QED) is 0.313. The Morgan fingerprint density at radius 2 is 1.63 bits per heavy atom. The molecule has 0 aliphatic rings. The second-order valence-corrected chi connectivity index (χ2v) is 9.91. The third-order valence-electron chi connectivity index (χ3n) is 6.23. The zero-order valence-corrected chi connectivity index (χ0v) is 21.6. The van der Waals surface area contributed by atoms with Gasteiger partial charge in [0, 0.05) is 5.56 Å². The lowest BCUT2D eigenvalue weighted by Crippen LogP contribution is -2.15. The van der Waals surface area contributed by atoms with E-state index in [1.807, 2.05) is 50.2 Å². The molecule has 0 aliphatic carbocycles. The van der Waals surface area contributed by atoms with Crippen molar-refractivity contribution in [2.75, 3.05) is 14.2 Å². The standard InChI is InChI=1S/C30H35FO4/c1-19(15-29(32)34-7)21-9-8-10-24(16-21)35-20(2)22-11-13-25(27(17-22)30(3,4)5)26-18-23(33-6)12-14-28(26)31/h8-14,16-20H,15H2,1-7H3/t19-,20-/m0/s1. The van der Waals surface area contributed by atoms with Gasteiger partial charge in [0.15, 0.2) is 0 Å². The molecule has 0 aliphatic heterocycles. The van der Waals surface area contributed by atoms with Crippen LogP contribution in [0, 0.1) is 5.82 Å². The Morgan fingerprint density at radius 3 is 2.29 bits per heavy atom. The molecule has 3 aromatic carbocycles. The van der Waals surface area contributed by atoms with E-state index in [0.29, 0.717) is 17.7 Å². The summed E-state index contributed by atoms with van der Waals surface area (Å²) in [5.74, 6) is 0.840. The molecule has 0 radical (unpaired) electrons. The molecule has 0 heterocycles. The summed E-state index contributed by atoms with van der Waals surface area (Å²) in [5.41, 5.74) is 4.17. The highest BCUT2D eigenvalue weighted by molar-refractivity contribution is 5.71. The van der Waals surface area contributed by atoms with Gasteiger partial charge in [-0.2, -0.15) is 0 Å². The predicted octanol–water partition coefficient (Wildman–Crippen LogP) is 7.61. The zero-order valence-electron chi connectivity index (χ0n) is 21.6. The number of halogens is 1. The minimum Gasteiger partial charge on any atom is -0.497 e. The lowest BCUT2D eigenvalue weighted by Gasteiger charge is -2.26. The van der Waals surface area contributed by atoms with Gasteiger partial charge < -0.3 is 14.2 Å². The van der Waals surface area contributed by atoms with Gasteiger partial charge in [0.05, 0.1) is 20.6 Å². The fraction of sp³-hybridized carbons (Fsp3) is 0.367. The van der Waals surface area contributed by atoms with Gasteiger partial charge in [-0.1, -0.05) is 58.0 Å². The number of methoxy groups -OCH3 is 2. The van der Waals surface area contributed by atoms with Crippen molar-refractivity contribution in [3.05, 3.63) is 83.2 Å². The van der Waals surface area contributed by atoms with Gasteiger partial charge in [-0.3, -0.25) is 4.79 Å². The van der Waals surface area contributed by atoms with Crippen LogP contribution < -0.4 is 9.47 Å². The van der Waals surface area contributed by atoms with Crippen molar-refractivity contribution in [2.24, 2.45) is 0 Å². The predicted molar refractivity (Wildman–Crippen MR) is 138 cm³/mol. The number of benzene rings is 3. The van der Waals surface area contributed by atoms with Crippen LogP contribution in [0.3, 0.4) is 0 Å². The highest BCUT2D eigenvalue weighted by atomic mass is 19.1. The number of hydrogen-bond acceptors (Lipinski definition) is 4. The van der Waals surface area contributed by atoms with Crippen molar-refractivity contribution in [1.82, 2.24) is 0 Å². The van der Waals surface area contributed by atoms with Crippen LogP contribution in [0.15, 0.2) is 60.7 Å². The average Bonchev–Trinajstić information content (AvgIpc) is 2.83. The third-order valence-corrected chi connectivity index (χ3v) is 6.23. The van der Waals surface area contributed by atoms with E-state index in [1.54, 1.807) is 19.2 Å². The Balaban J connectivity index is 1.91. The minimum absolute atomic E-state index is 0.0193. The van der Waals surface area contributed by atoms with E-state index in [-0.39, 0.29) is 29.2 Å². The largest absolute Gasteiger partial charge is 0.497 e. The maximum atomic E-state index is 14.8. The van der Waals surface area contributed by atoms with E-state index in [4.69, 9.17) is 14.2 Å². The Labute approximate surface area is 208 Å². The summed E-state index contributed by atoms with van der Waals surface area (Å²) in [6.45, 7) is 10.3. The molecule has 0 bridgehead atoms. The monoisotopic (exact) mass is 478 g/mol. The molecule has 0 spiro atoms. The first-order valence-corrected chi connectivity index (χ1v) is 11.8. The molecule has 186 valence electrons. The first-order chi connectivity index (χ1) is 16.5. The van der Waals surface area contributed by atoms with Crippen molar-refractivity contribution in [3.63, 3.8) is 0 Å². The fourth-order valence-corrected chi connectivity index (χ4v) is 4.13. The van der Waals surface area contributed by atoms with Crippen molar-refractivity contribution >= 4 is 5.97 Å². The normalized spacial score (nSPS) is 13.1. The summed E-state index contributed by atoms with van der Waals surface area (Å²) in [7, 11) is 2.98. The van der Waals surface area contributed by atoms with Gasteiger partial charge >= 0.3 is 5.97 Å². The average molecular weight is 479 g/mol. The van der Waals surface area contributed by atoms with E-state index in [1.165, 1.54) is 13.2 Å². The molecule has 3 aromatic rings. The molecule has 0 fully saturated rings. The Morgan fingerprint density at radius 1 is 0.886 bits per heavy atom. The summed E-state index contributed by atoms with van der Waals surface area (Å²) in [5, 5.41) is 0. The summed E-state index contributed by atoms with van der Waals surface area (Å²) < 4.78 is 31.2. The Kier molecular flexibility index (Phi) is 8.21. The summed E-state index contributed by atoms with van der Waals surface area (Å²) in [6.07, 6.45) is 0.0821. The maximum Gasteiger partial charge on any atom is 0.306 e. The van der Waals surface area contributed by atoms with Crippen LogP contribution in [0.25, 0.3) is 11.1 Å². The SMILES string of the molecule is COC(=O)C[C@H](C)c1cccc(O[C@@H](C)c2ccc(-c3cc(OC)ccc3F)c(C(C)(C)C)c2)c1. The minimum atomic E-state index is -0.286. The van der Waals surface area contributed by atoms with Crippen LogP contribution in [0.4, 0.5) is 4.39 Å². The van der Waals surface area contributed by atoms with Gasteiger partial charge in [-0.05, 0) is 70.8 Å². The third kappa shape index (κ3) is 6.41. The topological polar surface area (TPSA) is 44.8 Å². The van der Waals surface area contributed by atoms with Gasteiger partial charge in [0.2, 0.25) is 0 Å². The Hall–Kier alpha value is -3.34. The molecule has 2 atom stereocenters. The number of ether oxygens (including phenoxy) is 3. The number of carbonyl (C=O) groups is 1. The molecular weight excluding hydrogens is 443 g/mol. The molecule has 3 rings (SSSR count). The van der Waals surface area contributed by atoms with E-state index in [2.05, 4.69) is 26.8 Å². The van der Waals surface area contributed by atoms with E-state index < -0.39 is 0 Å². The number of esters is 1. The number of carbonyl (C=O) groups excluding carboxylic acids is 1. The van der Waals surface area contributed by atoms with Crippen molar-refractivity contribution in [3.8, 4) is 22.6 Å². The van der Waals surface area contributed by atoms with E-state index >= 15 is 0 Å². The van der Waals surface area contributed by atoms with Crippen LogP contribution >= 0.6 is 0 Å². The first-order valence-electron chi connectivity index (χ1n) is 11.8. The molecule has 5 heteroatoms. The molecule has 35 heavy (non-hydrogen) atoms. The molecule has 0 aromatic heterocycles. The maximum absolute atomic E-state index is 14.8. The van der Waals surface area contributed by atoms with Crippen LogP contribution in [0.1, 0.15) is 69.8 Å². The zero-order chi connectivity index (χ0) is 25.8. The van der Waals surface area contributed by atoms with Gasteiger partial charge in [0.25, 0.3) is 0 Å². The second kappa shape index (κ2) is 10.9. The highest BCUT2D eigenvalue weighted by Gasteiger charge is 2.23. The molecule has 0 saturated heterocycles. The number of rotatable bonds is 8. The van der Waals surface area contributed by atoms with Gasteiger partial charge in [0.1, 0.15) is 23.4 Å². The van der Waals surface area contributed by atoms with Gasteiger partial charge in [-0.15, -0.1) is 0 Å². The first kappa shape index (κ1) is 26.3. The van der Waals surface area contributed by atoms with Crippen LogP contribution in [0.2, 0.25) is 0 Å². The van der Waals surface area contributed by atoms with Crippen LogP contribution in [0.5, 0.6) is 11.5 Å². The van der Waals surface area contributed by atoms with Crippen LogP contribution in [-0.2, 0) is 14.9 Å². The smallest absolute Gasteiger partial charge is 0.306 e.